The van der Waals surface area contributed by atoms with E-state index in [1.165, 1.54) is 17.0 Å². The van der Waals surface area contributed by atoms with Gasteiger partial charge in [-0.15, -0.1) is 0 Å². The Morgan fingerprint density at radius 2 is 1.77 bits per heavy atom. The minimum atomic E-state index is -0.683. The molecule has 1 aliphatic rings. The van der Waals surface area contributed by atoms with E-state index in [1.807, 2.05) is 0 Å². The molecule has 30 heavy (non-hydrogen) atoms. The van der Waals surface area contributed by atoms with Gasteiger partial charge in [-0.2, -0.15) is 0 Å². The summed E-state index contributed by atoms with van der Waals surface area (Å²) in [5.41, 5.74) is 0.733. The van der Waals surface area contributed by atoms with Crippen molar-refractivity contribution >= 4 is 23.4 Å². The lowest BCUT2D eigenvalue weighted by atomic mass is 10.1. The van der Waals surface area contributed by atoms with Crippen molar-refractivity contribution in [3.8, 4) is 5.75 Å². The predicted octanol–water partition coefficient (Wildman–Crippen LogP) is 4.33. The maximum atomic E-state index is 13.3. The molecule has 2 aromatic rings. The molecule has 1 unspecified atom stereocenters. The number of nitrogens with zero attached hydrogens (tertiary/aromatic N) is 1. The summed E-state index contributed by atoms with van der Waals surface area (Å²) in [6.45, 7) is 1.67. The molecule has 1 atom stereocenters. The van der Waals surface area contributed by atoms with Crippen molar-refractivity contribution in [2.45, 2.75) is 51.2 Å². The fourth-order valence-corrected chi connectivity index (χ4v) is 3.65. The SMILES string of the molecule is CC(C(=O)NC1CCCC1)N(Cc1ccc(F)cc1)C(=O)COc1ccc(Cl)cc1. The van der Waals surface area contributed by atoms with Gasteiger partial charge in [-0.05, 0) is 61.7 Å². The van der Waals surface area contributed by atoms with E-state index < -0.39 is 6.04 Å². The largest absolute Gasteiger partial charge is 0.484 e. The lowest BCUT2D eigenvalue weighted by Crippen LogP contribution is -2.50. The van der Waals surface area contributed by atoms with Crippen LogP contribution in [0.1, 0.15) is 38.2 Å². The highest BCUT2D eigenvalue weighted by molar-refractivity contribution is 6.30. The van der Waals surface area contributed by atoms with Crippen molar-refractivity contribution in [3.05, 3.63) is 64.9 Å². The minimum absolute atomic E-state index is 0.160. The zero-order chi connectivity index (χ0) is 21.5. The molecule has 1 fully saturated rings. The first-order valence-corrected chi connectivity index (χ1v) is 10.5. The van der Waals surface area contributed by atoms with Crippen LogP contribution >= 0.6 is 11.6 Å². The van der Waals surface area contributed by atoms with Crippen LogP contribution in [0.5, 0.6) is 5.75 Å². The van der Waals surface area contributed by atoms with Crippen molar-refractivity contribution in [2.75, 3.05) is 6.61 Å². The molecule has 0 aliphatic heterocycles. The summed E-state index contributed by atoms with van der Waals surface area (Å²) in [6.07, 6.45) is 4.13. The van der Waals surface area contributed by atoms with Gasteiger partial charge in [0, 0.05) is 17.6 Å². The van der Waals surface area contributed by atoms with E-state index in [1.54, 1.807) is 43.3 Å². The fraction of sp³-hybridized carbons (Fsp3) is 0.391. The normalized spacial score (nSPS) is 14.9. The van der Waals surface area contributed by atoms with Gasteiger partial charge < -0.3 is 15.0 Å². The van der Waals surface area contributed by atoms with Crippen LogP contribution in [0.3, 0.4) is 0 Å². The average Bonchev–Trinajstić information content (AvgIpc) is 3.25. The maximum absolute atomic E-state index is 13.3. The summed E-state index contributed by atoms with van der Waals surface area (Å²) in [4.78, 5) is 27.2. The highest BCUT2D eigenvalue weighted by Gasteiger charge is 2.28. The Bertz CT molecular complexity index is 852. The number of rotatable bonds is 8. The summed E-state index contributed by atoms with van der Waals surface area (Å²) in [5.74, 6) is -0.362. The number of carbonyl (C=O) groups is 2. The number of nitrogens with one attached hydrogen (secondary N) is 1. The molecule has 2 aromatic carbocycles. The van der Waals surface area contributed by atoms with Crippen molar-refractivity contribution in [3.63, 3.8) is 0 Å². The van der Waals surface area contributed by atoms with Crippen LogP contribution in [-0.2, 0) is 16.1 Å². The van der Waals surface area contributed by atoms with Crippen molar-refractivity contribution in [1.82, 2.24) is 10.2 Å². The van der Waals surface area contributed by atoms with Gasteiger partial charge in [-0.1, -0.05) is 36.6 Å². The van der Waals surface area contributed by atoms with Gasteiger partial charge in [0.15, 0.2) is 6.61 Å². The van der Waals surface area contributed by atoms with Gasteiger partial charge >= 0.3 is 0 Å². The van der Waals surface area contributed by atoms with Gasteiger partial charge in [0.1, 0.15) is 17.6 Å². The molecule has 0 bridgehead atoms. The topological polar surface area (TPSA) is 58.6 Å². The van der Waals surface area contributed by atoms with Crippen molar-refractivity contribution in [1.29, 1.82) is 0 Å². The maximum Gasteiger partial charge on any atom is 0.261 e. The Balaban J connectivity index is 1.69. The number of amides is 2. The predicted molar refractivity (Wildman–Crippen MR) is 114 cm³/mol. The summed E-state index contributed by atoms with van der Waals surface area (Å²) in [7, 11) is 0. The van der Waals surface area contributed by atoms with E-state index in [-0.39, 0.29) is 36.8 Å². The third-order valence-corrected chi connectivity index (χ3v) is 5.56. The Morgan fingerprint density at radius 3 is 2.40 bits per heavy atom. The second-order valence-electron chi connectivity index (χ2n) is 7.56. The quantitative estimate of drug-likeness (QED) is 0.675. The van der Waals surface area contributed by atoms with Crippen LogP contribution in [0.15, 0.2) is 48.5 Å². The highest BCUT2D eigenvalue weighted by Crippen LogP contribution is 2.19. The van der Waals surface area contributed by atoms with Crippen LogP contribution in [0.25, 0.3) is 0 Å². The summed E-state index contributed by atoms with van der Waals surface area (Å²) >= 11 is 5.87. The molecular weight excluding hydrogens is 407 g/mol. The number of hydrogen-bond acceptors (Lipinski definition) is 3. The van der Waals surface area contributed by atoms with Crippen LogP contribution in [-0.4, -0.2) is 35.4 Å². The van der Waals surface area contributed by atoms with Crippen molar-refractivity contribution < 1.29 is 18.7 Å². The molecule has 2 amide bonds. The first-order valence-electron chi connectivity index (χ1n) is 10.1. The molecule has 0 radical (unpaired) electrons. The molecular formula is C23H26ClFN2O3. The number of hydrogen-bond donors (Lipinski definition) is 1. The first kappa shape index (κ1) is 22.1. The molecule has 0 heterocycles. The summed E-state index contributed by atoms with van der Waals surface area (Å²) in [5, 5.41) is 3.61. The zero-order valence-corrected chi connectivity index (χ0v) is 17.7. The number of benzene rings is 2. The molecule has 0 spiro atoms. The third-order valence-electron chi connectivity index (χ3n) is 5.31. The lowest BCUT2D eigenvalue weighted by Gasteiger charge is -2.29. The van der Waals surface area contributed by atoms with Crippen molar-refractivity contribution in [2.24, 2.45) is 0 Å². The standard InChI is InChI=1S/C23H26ClFN2O3/c1-16(23(29)26-20-4-2-3-5-20)27(14-17-6-10-19(25)11-7-17)22(28)15-30-21-12-8-18(24)9-13-21/h6-13,16,20H,2-5,14-15H2,1H3,(H,26,29). The molecule has 3 rings (SSSR count). The van der Waals surface area contributed by atoms with Crippen LogP contribution in [0.4, 0.5) is 4.39 Å². The van der Waals surface area contributed by atoms with E-state index in [0.717, 1.165) is 31.2 Å². The van der Waals surface area contributed by atoms with Gasteiger partial charge in [0.05, 0.1) is 0 Å². The van der Waals surface area contributed by atoms with Gasteiger partial charge in [-0.3, -0.25) is 9.59 Å². The molecule has 7 heteroatoms. The van der Waals surface area contributed by atoms with Crippen LogP contribution in [0, 0.1) is 5.82 Å². The number of ether oxygens (including phenoxy) is 1. The van der Waals surface area contributed by atoms with E-state index in [4.69, 9.17) is 16.3 Å². The molecule has 1 aliphatic carbocycles. The van der Waals surface area contributed by atoms with Gasteiger partial charge in [0.2, 0.25) is 5.91 Å². The third kappa shape index (κ3) is 6.20. The number of carbonyl (C=O) groups excluding carboxylic acids is 2. The Morgan fingerprint density at radius 1 is 1.13 bits per heavy atom. The van der Waals surface area contributed by atoms with E-state index in [9.17, 15) is 14.0 Å². The monoisotopic (exact) mass is 432 g/mol. The lowest BCUT2D eigenvalue weighted by molar-refractivity contribution is -0.142. The Kier molecular flexibility index (Phi) is 7.69. The molecule has 0 saturated heterocycles. The number of halogens is 2. The Labute approximate surface area is 181 Å². The van der Waals surface area contributed by atoms with E-state index in [2.05, 4.69) is 5.32 Å². The van der Waals surface area contributed by atoms with E-state index >= 15 is 0 Å². The zero-order valence-electron chi connectivity index (χ0n) is 16.9. The Hall–Kier alpha value is -2.60. The summed E-state index contributed by atoms with van der Waals surface area (Å²) < 4.78 is 18.8. The molecule has 160 valence electrons. The van der Waals surface area contributed by atoms with E-state index in [0.29, 0.717) is 10.8 Å². The van der Waals surface area contributed by atoms with Gasteiger partial charge in [-0.25, -0.2) is 4.39 Å². The second kappa shape index (κ2) is 10.4. The first-order chi connectivity index (χ1) is 14.4. The fourth-order valence-electron chi connectivity index (χ4n) is 3.52. The van der Waals surface area contributed by atoms with Crippen LogP contribution < -0.4 is 10.1 Å². The molecule has 0 aromatic heterocycles. The molecule has 1 N–H and O–H groups in total. The summed E-state index contributed by atoms with van der Waals surface area (Å²) in [6, 6.07) is 12.1. The highest BCUT2D eigenvalue weighted by atomic mass is 35.5. The van der Waals surface area contributed by atoms with Gasteiger partial charge in [0.25, 0.3) is 5.91 Å². The molecule has 5 nitrogen and oxygen atoms in total. The van der Waals surface area contributed by atoms with Crippen LogP contribution in [0.2, 0.25) is 5.02 Å². The minimum Gasteiger partial charge on any atom is -0.484 e. The average molecular weight is 433 g/mol. The smallest absolute Gasteiger partial charge is 0.261 e. The second-order valence-corrected chi connectivity index (χ2v) is 7.99. The molecule has 1 saturated carbocycles.